The number of aliphatic hydroxyl groups is 2. The number of nitrogens with one attached hydrogen (secondary N) is 1. The molecule has 1 rings (SSSR count). The monoisotopic (exact) mass is 291 g/mol. The summed E-state index contributed by atoms with van der Waals surface area (Å²) in [5.74, 6) is -1.07. The summed E-state index contributed by atoms with van der Waals surface area (Å²) in [4.78, 5) is 10.9. The number of thioether (sulfide) groups is 1. The second kappa shape index (κ2) is 7.47. The van der Waals surface area contributed by atoms with Gasteiger partial charge in [0.25, 0.3) is 0 Å². The lowest BCUT2D eigenvalue weighted by Gasteiger charge is -2.36. The molecule has 4 N–H and O–H groups in total. The van der Waals surface area contributed by atoms with Crippen molar-refractivity contribution < 1.29 is 20.1 Å². The summed E-state index contributed by atoms with van der Waals surface area (Å²) in [7, 11) is 0. The first-order valence-corrected chi connectivity index (χ1v) is 8.03. The van der Waals surface area contributed by atoms with Crippen molar-refractivity contribution in [1.29, 1.82) is 0 Å². The SMILES string of the molecule is CSC(CO)C(C)NCC1(O)CCC(C(=O)O)CC1. The van der Waals surface area contributed by atoms with Crippen LogP contribution < -0.4 is 5.32 Å². The van der Waals surface area contributed by atoms with E-state index in [2.05, 4.69) is 5.32 Å². The first-order valence-electron chi connectivity index (χ1n) is 6.74. The van der Waals surface area contributed by atoms with Gasteiger partial charge in [-0.1, -0.05) is 0 Å². The minimum atomic E-state index is -0.807. The minimum Gasteiger partial charge on any atom is -0.481 e. The normalized spacial score (nSPS) is 30.8. The van der Waals surface area contributed by atoms with Gasteiger partial charge in [-0.2, -0.15) is 11.8 Å². The number of aliphatic hydroxyl groups excluding tert-OH is 1. The molecule has 2 unspecified atom stereocenters. The van der Waals surface area contributed by atoms with E-state index in [-0.39, 0.29) is 23.8 Å². The lowest BCUT2D eigenvalue weighted by Crippen LogP contribution is -2.49. The van der Waals surface area contributed by atoms with Gasteiger partial charge >= 0.3 is 5.97 Å². The van der Waals surface area contributed by atoms with E-state index in [1.54, 1.807) is 11.8 Å². The van der Waals surface area contributed by atoms with E-state index in [1.807, 2.05) is 13.2 Å². The summed E-state index contributed by atoms with van der Waals surface area (Å²) in [6, 6.07) is 0.112. The molecule has 5 nitrogen and oxygen atoms in total. The predicted octanol–water partition coefficient (Wildman–Crippen LogP) is 0.694. The van der Waals surface area contributed by atoms with Crippen LogP contribution in [0.1, 0.15) is 32.6 Å². The Balaban J connectivity index is 2.39. The van der Waals surface area contributed by atoms with Gasteiger partial charge in [0.15, 0.2) is 0 Å². The molecule has 19 heavy (non-hydrogen) atoms. The number of rotatable bonds is 7. The summed E-state index contributed by atoms with van der Waals surface area (Å²) in [6.07, 6.45) is 4.06. The van der Waals surface area contributed by atoms with Gasteiger partial charge in [-0.25, -0.2) is 0 Å². The first-order chi connectivity index (χ1) is 8.91. The number of carboxylic acid groups (broad SMARTS) is 1. The van der Waals surface area contributed by atoms with Gasteiger partial charge in [-0.15, -0.1) is 0 Å². The third-order valence-corrected chi connectivity index (χ3v) is 5.22. The Bertz CT molecular complexity index is 288. The molecular weight excluding hydrogens is 266 g/mol. The van der Waals surface area contributed by atoms with Crippen LogP contribution in [0.15, 0.2) is 0 Å². The van der Waals surface area contributed by atoms with Crippen LogP contribution in [0.2, 0.25) is 0 Å². The third-order valence-electron chi connectivity index (χ3n) is 4.06. The molecule has 0 heterocycles. The largest absolute Gasteiger partial charge is 0.481 e. The number of carbonyl (C=O) groups is 1. The fraction of sp³-hybridized carbons (Fsp3) is 0.923. The zero-order valence-corrected chi connectivity index (χ0v) is 12.4. The van der Waals surface area contributed by atoms with Gasteiger partial charge in [0.2, 0.25) is 0 Å². The van der Waals surface area contributed by atoms with Gasteiger partial charge in [0.1, 0.15) is 0 Å². The summed E-state index contributed by atoms with van der Waals surface area (Å²) in [5.41, 5.74) is -0.807. The van der Waals surface area contributed by atoms with Crippen molar-refractivity contribution in [3.05, 3.63) is 0 Å². The average molecular weight is 291 g/mol. The molecule has 1 aliphatic carbocycles. The minimum absolute atomic E-state index is 0.106. The van der Waals surface area contributed by atoms with E-state index >= 15 is 0 Å². The highest BCUT2D eigenvalue weighted by Crippen LogP contribution is 2.32. The fourth-order valence-corrected chi connectivity index (χ4v) is 3.15. The molecule has 6 heteroatoms. The van der Waals surface area contributed by atoms with Crippen molar-refractivity contribution in [2.45, 2.75) is 49.5 Å². The van der Waals surface area contributed by atoms with E-state index in [0.717, 1.165) is 0 Å². The lowest BCUT2D eigenvalue weighted by molar-refractivity contribution is -0.144. The van der Waals surface area contributed by atoms with E-state index in [9.17, 15) is 15.0 Å². The molecule has 0 radical (unpaired) electrons. The molecule has 1 aliphatic rings. The Morgan fingerprint density at radius 3 is 2.47 bits per heavy atom. The van der Waals surface area contributed by atoms with E-state index in [1.165, 1.54) is 0 Å². The summed E-state index contributed by atoms with van der Waals surface area (Å²) < 4.78 is 0. The van der Waals surface area contributed by atoms with Crippen molar-refractivity contribution >= 4 is 17.7 Å². The molecule has 1 fully saturated rings. The van der Waals surface area contributed by atoms with Gasteiger partial charge in [-0.05, 0) is 38.9 Å². The molecule has 0 amide bonds. The third kappa shape index (κ3) is 4.95. The summed E-state index contributed by atoms with van der Waals surface area (Å²) in [5, 5.41) is 31.9. The molecule has 0 saturated heterocycles. The Kier molecular flexibility index (Phi) is 6.59. The molecule has 2 atom stereocenters. The maximum Gasteiger partial charge on any atom is 0.306 e. The second-order valence-corrected chi connectivity index (χ2v) is 6.54. The van der Waals surface area contributed by atoms with Crippen LogP contribution in [0.3, 0.4) is 0 Å². The summed E-state index contributed by atoms with van der Waals surface area (Å²) >= 11 is 1.60. The standard InChI is InChI=1S/C13H25NO4S/c1-9(11(7-15)19-2)14-8-13(18)5-3-10(4-6-13)12(16)17/h9-11,14-15,18H,3-8H2,1-2H3,(H,16,17). The quantitative estimate of drug-likeness (QED) is 0.552. The lowest BCUT2D eigenvalue weighted by atomic mass is 9.78. The van der Waals surface area contributed by atoms with E-state index < -0.39 is 11.6 Å². The average Bonchev–Trinajstić information content (AvgIpc) is 2.38. The van der Waals surface area contributed by atoms with Gasteiger partial charge < -0.3 is 20.6 Å². The zero-order valence-electron chi connectivity index (χ0n) is 11.6. The van der Waals surface area contributed by atoms with Crippen molar-refractivity contribution in [1.82, 2.24) is 5.32 Å². The number of aliphatic carboxylic acids is 1. The van der Waals surface area contributed by atoms with Crippen LogP contribution >= 0.6 is 11.8 Å². The van der Waals surface area contributed by atoms with Gasteiger partial charge in [0.05, 0.1) is 18.1 Å². The topological polar surface area (TPSA) is 89.8 Å². The Hall–Kier alpha value is -0.300. The molecule has 0 aromatic carbocycles. The zero-order chi connectivity index (χ0) is 14.5. The second-order valence-electron chi connectivity index (χ2n) is 5.46. The molecule has 112 valence electrons. The van der Waals surface area contributed by atoms with Crippen molar-refractivity contribution in [3.8, 4) is 0 Å². The van der Waals surface area contributed by atoms with Crippen LogP contribution in [-0.2, 0) is 4.79 Å². The van der Waals surface area contributed by atoms with Crippen LogP contribution in [0.25, 0.3) is 0 Å². The number of hydrogen-bond donors (Lipinski definition) is 4. The van der Waals surface area contributed by atoms with Gasteiger partial charge in [-0.3, -0.25) is 4.79 Å². The van der Waals surface area contributed by atoms with Crippen LogP contribution in [-0.4, -0.2) is 57.6 Å². The molecule has 1 saturated carbocycles. The highest BCUT2D eigenvalue weighted by Gasteiger charge is 2.36. The first kappa shape index (κ1) is 16.8. The molecule has 0 aliphatic heterocycles. The van der Waals surface area contributed by atoms with E-state index in [0.29, 0.717) is 32.2 Å². The highest BCUT2D eigenvalue weighted by molar-refractivity contribution is 7.99. The van der Waals surface area contributed by atoms with Crippen molar-refractivity contribution in [2.24, 2.45) is 5.92 Å². The maximum atomic E-state index is 10.9. The Morgan fingerprint density at radius 1 is 1.47 bits per heavy atom. The van der Waals surface area contributed by atoms with E-state index in [4.69, 9.17) is 5.11 Å². The Labute approximate surface area is 118 Å². The van der Waals surface area contributed by atoms with Crippen molar-refractivity contribution in [3.63, 3.8) is 0 Å². The fourth-order valence-electron chi connectivity index (χ4n) is 2.50. The molecule has 0 bridgehead atoms. The molecule has 0 spiro atoms. The maximum absolute atomic E-state index is 10.9. The van der Waals surface area contributed by atoms with Gasteiger partial charge in [0, 0.05) is 17.8 Å². The van der Waals surface area contributed by atoms with Crippen LogP contribution in [0.4, 0.5) is 0 Å². The number of carboxylic acids is 1. The molecular formula is C13H25NO4S. The highest BCUT2D eigenvalue weighted by atomic mass is 32.2. The number of hydrogen-bond acceptors (Lipinski definition) is 5. The summed E-state index contributed by atoms with van der Waals surface area (Å²) in [6.45, 7) is 2.55. The molecule has 0 aromatic heterocycles. The van der Waals surface area contributed by atoms with Crippen LogP contribution in [0.5, 0.6) is 0 Å². The molecule has 0 aromatic rings. The van der Waals surface area contributed by atoms with Crippen molar-refractivity contribution in [2.75, 3.05) is 19.4 Å². The smallest absolute Gasteiger partial charge is 0.306 e. The predicted molar refractivity (Wildman–Crippen MR) is 76.4 cm³/mol. The Morgan fingerprint density at radius 2 is 2.05 bits per heavy atom. The van der Waals surface area contributed by atoms with Crippen LogP contribution in [0, 0.1) is 5.92 Å².